The van der Waals surface area contributed by atoms with Gasteiger partial charge in [0.05, 0.1) is 17.9 Å². The minimum Gasteiger partial charge on any atom is -0.462 e. The summed E-state index contributed by atoms with van der Waals surface area (Å²) >= 11 is 1.47. The Labute approximate surface area is 229 Å². The van der Waals surface area contributed by atoms with Gasteiger partial charge in [-0.2, -0.15) is 5.10 Å². The summed E-state index contributed by atoms with van der Waals surface area (Å²) in [6, 6.07) is 19.5. The highest BCUT2D eigenvalue weighted by Gasteiger charge is 2.27. The molecular formula is C31H27N3O4S. The zero-order valence-electron chi connectivity index (χ0n) is 21.5. The molecule has 0 saturated heterocycles. The number of benzene rings is 2. The van der Waals surface area contributed by atoms with Gasteiger partial charge < -0.3 is 14.5 Å². The lowest BCUT2D eigenvalue weighted by molar-refractivity contribution is -0.111. The molecule has 1 amide bonds. The van der Waals surface area contributed by atoms with Gasteiger partial charge in [-0.1, -0.05) is 36.4 Å². The first kappa shape index (κ1) is 24.9. The van der Waals surface area contributed by atoms with Crippen molar-refractivity contribution in [3.8, 4) is 17.1 Å². The standard InChI is InChI=1S/C31H27N3O4S/c1-2-37-31(36)28-23-13-7-9-15-26(23)39-30(28)32-27(35)17-16-21-19-34(22-11-4-3-5-12-22)33-29(21)25-18-20-10-6-8-14-24(20)38-25/h3-6,8,10-12,14,16-19H,2,7,9,13,15H2,1H3,(H,32,35)/b17-16+. The maximum atomic E-state index is 13.1. The lowest BCUT2D eigenvalue weighted by Crippen LogP contribution is -2.14. The smallest absolute Gasteiger partial charge is 0.341 e. The largest absolute Gasteiger partial charge is 0.462 e. The summed E-state index contributed by atoms with van der Waals surface area (Å²) in [4.78, 5) is 27.0. The molecule has 1 N–H and O–H groups in total. The molecule has 6 rings (SSSR count). The molecule has 2 aromatic carbocycles. The maximum Gasteiger partial charge on any atom is 0.341 e. The molecule has 3 heterocycles. The topological polar surface area (TPSA) is 86.4 Å². The molecule has 1 aliphatic carbocycles. The molecule has 196 valence electrons. The molecule has 0 bridgehead atoms. The summed E-state index contributed by atoms with van der Waals surface area (Å²) in [5.74, 6) is -0.101. The summed E-state index contributed by atoms with van der Waals surface area (Å²) in [5.41, 5.74) is 4.52. The Morgan fingerprint density at radius 3 is 2.72 bits per heavy atom. The summed E-state index contributed by atoms with van der Waals surface area (Å²) in [5, 5.41) is 9.25. The van der Waals surface area contributed by atoms with Crippen molar-refractivity contribution >= 4 is 45.3 Å². The number of anilines is 1. The number of furan rings is 1. The number of aryl methyl sites for hydroxylation is 1. The van der Waals surface area contributed by atoms with E-state index in [9.17, 15) is 9.59 Å². The summed E-state index contributed by atoms with van der Waals surface area (Å²) in [7, 11) is 0. The van der Waals surface area contributed by atoms with Gasteiger partial charge in [-0.05, 0) is 68.5 Å². The van der Waals surface area contributed by atoms with Gasteiger partial charge >= 0.3 is 5.97 Å². The summed E-state index contributed by atoms with van der Waals surface area (Å²) < 4.78 is 13.2. The van der Waals surface area contributed by atoms with Crippen molar-refractivity contribution in [2.75, 3.05) is 11.9 Å². The zero-order chi connectivity index (χ0) is 26.8. The van der Waals surface area contributed by atoms with Crippen LogP contribution in [0.2, 0.25) is 0 Å². The van der Waals surface area contributed by atoms with E-state index in [4.69, 9.17) is 14.3 Å². The van der Waals surface area contributed by atoms with Crippen molar-refractivity contribution in [1.82, 2.24) is 9.78 Å². The van der Waals surface area contributed by atoms with Gasteiger partial charge in [0.1, 0.15) is 16.3 Å². The van der Waals surface area contributed by atoms with E-state index < -0.39 is 0 Å². The SMILES string of the molecule is CCOC(=O)c1c(NC(=O)/C=C/c2cn(-c3ccccc3)nc2-c2cc3ccccc3o2)sc2c1CCCC2. The maximum absolute atomic E-state index is 13.1. The molecule has 0 saturated carbocycles. The van der Waals surface area contributed by atoms with Crippen molar-refractivity contribution < 1.29 is 18.7 Å². The van der Waals surface area contributed by atoms with Crippen LogP contribution < -0.4 is 5.32 Å². The Kier molecular flexibility index (Phi) is 6.85. The van der Waals surface area contributed by atoms with Gasteiger partial charge in [0.25, 0.3) is 0 Å². The highest BCUT2D eigenvalue weighted by Crippen LogP contribution is 2.38. The van der Waals surface area contributed by atoms with Crippen LogP contribution in [0.4, 0.5) is 5.00 Å². The van der Waals surface area contributed by atoms with Crippen molar-refractivity contribution in [1.29, 1.82) is 0 Å². The average Bonchev–Trinajstić information content (AvgIpc) is 3.67. The molecule has 0 atom stereocenters. The predicted molar refractivity (Wildman–Crippen MR) is 153 cm³/mol. The third-order valence-corrected chi connectivity index (χ3v) is 7.93. The molecule has 0 radical (unpaired) electrons. The molecule has 0 aliphatic heterocycles. The van der Waals surface area contributed by atoms with Crippen LogP contribution in [0.3, 0.4) is 0 Å². The molecule has 3 aromatic heterocycles. The molecule has 7 nitrogen and oxygen atoms in total. The number of hydrogen-bond donors (Lipinski definition) is 1. The molecule has 8 heteroatoms. The molecule has 39 heavy (non-hydrogen) atoms. The Morgan fingerprint density at radius 2 is 1.90 bits per heavy atom. The Morgan fingerprint density at radius 1 is 1.10 bits per heavy atom. The van der Waals surface area contributed by atoms with E-state index in [1.54, 1.807) is 17.7 Å². The number of carbonyl (C=O) groups excluding carboxylic acids is 2. The lowest BCUT2D eigenvalue weighted by Gasteiger charge is -2.12. The minimum absolute atomic E-state index is 0.284. The van der Waals surface area contributed by atoms with Gasteiger partial charge in [0.15, 0.2) is 5.76 Å². The zero-order valence-corrected chi connectivity index (χ0v) is 22.3. The number of aromatic nitrogens is 2. The third kappa shape index (κ3) is 5.03. The third-order valence-electron chi connectivity index (χ3n) is 6.72. The highest BCUT2D eigenvalue weighted by atomic mass is 32.1. The van der Waals surface area contributed by atoms with Crippen LogP contribution in [0.5, 0.6) is 0 Å². The number of thiophene rings is 1. The Bertz CT molecular complexity index is 1660. The number of nitrogens with zero attached hydrogens (tertiary/aromatic N) is 2. The number of rotatable bonds is 7. The second-order valence-corrected chi connectivity index (χ2v) is 10.4. The summed E-state index contributed by atoms with van der Waals surface area (Å²) in [6.07, 6.45) is 8.91. The number of carbonyl (C=O) groups is 2. The minimum atomic E-state index is -0.382. The average molecular weight is 538 g/mol. The second-order valence-electron chi connectivity index (χ2n) is 9.32. The normalized spacial score (nSPS) is 13.1. The second kappa shape index (κ2) is 10.7. The van der Waals surface area contributed by atoms with Crippen molar-refractivity contribution in [2.45, 2.75) is 32.6 Å². The lowest BCUT2D eigenvalue weighted by atomic mass is 9.95. The van der Waals surface area contributed by atoms with E-state index in [2.05, 4.69) is 5.32 Å². The van der Waals surface area contributed by atoms with Gasteiger partial charge in [-0.15, -0.1) is 11.3 Å². The van der Waals surface area contributed by atoms with Crippen molar-refractivity contribution in [3.05, 3.63) is 94.5 Å². The number of esters is 1. The Balaban J connectivity index is 1.32. The van der Waals surface area contributed by atoms with E-state index in [-0.39, 0.29) is 18.5 Å². The van der Waals surface area contributed by atoms with E-state index in [0.717, 1.165) is 58.3 Å². The molecule has 0 spiro atoms. The number of para-hydroxylation sites is 2. The van der Waals surface area contributed by atoms with Gasteiger partial charge in [0.2, 0.25) is 5.91 Å². The monoisotopic (exact) mass is 537 g/mol. The van der Waals surface area contributed by atoms with E-state index in [1.165, 1.54) is 17.4 Å². The number of fused-ring (bicyclic) bond motifs is 2. The van der Waals surface area contributed by atoms with Crippen molar-refractivity contribution in [3.63, 3.8) is 0 Å². The molecule has 1 aliphatic rings. The van der Waals surface area contributed by atoms with Crippen LogP contribution in [0, 0.1) is 0 Å². The number of amides is 1. The Hall–Kier alpha value is -4.43. The van der Waals surface area contributed by atoms with Crippen LogP contribution in [-0.2, 0) is 22.4 Å². The molecule has 0 fully saturated rings. The fraction of sp³-hybridized carbons (Fsp3) is 0.194. The van der Waals surface area contributed by atoms with E-state index in [0.29, 0.717) is 22.0 Å². The first-order chi connectivity index (χ1) is 19.1. The van der Waals surface area contributed by atoms with Crippen molar-refractivity contribution in [2.24, 2.45) is 0 Å². The van der Waals surface area contributed by atoms with Gasteiger partial charge in [0, 0.05) is 28.1 Å². The van der Waals surface area contributed by atoms with Crippen LogP contribution >= 0.6 is 11.3 Å². The van der Waals surface area contributed by atoms with Crippen LogP contribution in [0.15, 0.2) is 77.4 Å². The number of hydrogen-bond acceptors (Lipinski definition) is 6. The van der Waals surface area contributed by atoms with Gasteiger partial charge in [-0.25, -0.2) is 9.48 Å². The van der Waals surface area contributed by atoms with E-state index in [1.807, 2.05) is 66.9 Å². The quantitative estimate of drug-likeness (QED) is 0.178. The van der Waals surface area contributed by atoms with E-state index >= 15 is 0 Å². The fourth-order valence-electron chi connectivity index (χ4n) is 4.90. The summed E-state index contributed by atoms with van der Waals surface area (Å²) in [6.45, 7) is 2.07. The highest BCUT2D eigenvalue weighted by molar-refractivity contribution is 7.17. The van der Waals surface area contributed by atoms with Crippen LogP contribution in [0.25, 0.3) is 34.2 Å². The molecular weight excluding hydrogens is 510 g/mol. The first-order valence-corrected chi connectivity index (χ1v) is 13.9. The van der Waals surface area contributed by atoms with Gasteiger partial charge in [-0.3, -0.25) is 4.79 Å². The molecule has 0 unspecified atom stereocenters. The number of nitrogens with one attached hydrogen (secondary N) is 1. The molecule has 5 aromatic rings. The predicted octanol–water partition coefficient (Wildman–Crippen LogP) is 7.05. The first-order valence-electron chi connectivity index (χ1n) is 13.1. The number of ether oxygens (including phenoxy) is 1. The fourth-order valence-corrected chi connectivity index (χ4v) is 6.18. The van der Waals surface area contributed by atoms with Crippen LogP contribution in [-0.4, -0.2) is 28.3 Å². The van der Waals surface area contributed by atoms with Crippen LogP contribution in [0.1, 0.15) is 46.1 Å².